The van der Waals surface area contributed by atoms with Gasteiger partial charge in [-0.05, 0) is 43.9 Å². The van der Waals surface area contributed by atoms with Gasteiger partial charge in [-0.2, -0.15) is 0 Å². The molecule has 68 valence electrons. The van der Waals surface area contributed by atoms with Crippen molar-refractivity contribution in [1.82, 2.24) is 0 Å². The maximum atomic E-state index is 10.1. The van der Waals surface area contributed by atoms with Crippen LogP contribution in [0, 0.1) is 10.8 Å². The molecule has 3 fully saturated rings. The summed E-state index contributed by atoms with van der Waals surface area (Å²) in [5.41, 5.74) is 1.05. The molecule has 3 atom stereocenters. The second-order valence-electron chi connectivity index (χ2n) is 5.20. The Morgan fingerprint density at radius 2 is 1.75 bits per heavy atom. The summed E-state index contributed by atoms with van der Waals surface area (Å²) in [5, 5.41) is 10.1. The summed E-state index contributed by atoms with van der Waals surface area (Å²) < 4.78 is 0. The van der Waals surface area contributed by atoms with E-state index in [1.54, 1.807) is 0 Å². The van der Waals surface area contributed by atoms with Gasteiger partial charge in [0, 0.05) is 5.41 Å². The van der Waals surface area contributed by atoms with Crippen molar-refractivity contribution < 1.29 is 5.11 Å². The fourth-order valence-corrected chi connectivity index (χ4v) is 4.40. The zero-order chi connectivity index (χ0) is 8.23. The first-order valence-corrected chi connectivity index (χ1v) is 5.47. The third-order valence-electron chi connectivity index (χ3n) is 5.15. The van der Waals surface area contributed by atoms with Gasteiger partial charge >= 0.3 is 0 Å². The topological polar surface area (TPSA) is 20.2 Å². The Bertz CT molecular complexity index is 213. The Balaban J connectivity index is 1.99. The summed E-state index contributed by atoms with van der Waals surface area (Å²) in [6.45, 7) is 0. The van der Waals surface area contributed by atoms with Crippen molar-refractivity contribution in [2.45, 2.75) is 57.5 Å². The molecule has 1 nitrogen and oxygen atoms in total. The van der Waals surface area contributed by atoms with Crippen molar-refractivity contribution in [3.05, 3.63) is 0 Å². The van der Waals surface area contributed by atoms with E-state index in [0.717, 1.165) is 6.42 Å². The van der Waals surface area contributed by atoms with Crippen LogP contribution in [-0.2, 0) is 0 Å². The molecule has 0 saturated heterocycles. The average Bonchev–Trinajstić information content (AvgIpc) is 2.31. The molecule has 1 heteroatoms. The summed E-state index contributed by atoms with van der Waals surface area (Å²) in [6.07, 6.45) is 10.7. The molecule has 0 radical (unpaired) electrons. The number of aliphatic hydroxyl groups excluding tert-OH is 1. The van der Waals surface area contributed by atoms with Crippen molar-refractivity contribution in [2.75, 3.05) is 0 Å². The van der Waals surface area contributed by atoms with Crippen molar-refractivity contribution in [2.24, 2.45) is 10.8 Å². The van der Waals surface area contributed by atoms with Crippen LogP contribution in [0.15, 0.2) is 0 Å². The Kier molecular flexibility index (Phi) is 1.27. The van der Waals surface area contributed by atoms with Crippen LogP contribution in [0.5, 0.6) is 0 Å². The molecule has 0 amide bonds. The lowest BCUT2D eigenvalue weighted by atomic mass is 9.44. The molecule has 3 aliphatic carbocycles. The molecule has 0 bridgehead atoms. The van der Waals surface area contributed by atoms with E-state index in [1.165, 1.54) is 44.9 Å². The Morgan fingerprint density at radius 3 is 2.42 bits per heavy atom. The average molecular weight is 166 g/mol. The zero-order valence-corrected chi connectivity index (χ0v) is 7.68. The van der Waals surface area contributed by atoms with Crippen LogP contribution in [0.4, 0.5) is 0 Å². The second-order valence-corrected chi connectivity index (χ2v) is 5.20. The highest BCUT2D eigenvalue weighted by atomic mass is 16.3. The summed E-state index contributed by atoms with van der Waals surface area (Å²) >= 11 is 0. The summed E-state index contributed by atoms with van der Waals surface area (Å²) in [7, 11) is 0. The summed E-state index contributed by atoms with van der Waals surface area (Å²) in [6, 6.07) is 0. The molecule has 3 saturated carbocycles. The second kappa shape index (κ2) is 2.06. The highest BCUT2D eigenvalue weighted by Gasteiger charge is 2.65. The Labute approximate surface area is 74.2 Å². The van der Waals surface area contributed by atoms with E-state index in [4.69, 9.17) is 0 Å². The third kappa shape index (κ3) is 0.585. The zero-order valence-electron chi connectivity index (χ0n) is 7.68. The predicted molar refractivity (Wildman–Crippen MR) is 47.8 cm³/mol. The molecule has 0 aromatic heterocycles. The molecule has 3 rings (SSSR count). The summed E-state index contributed by atoms with van der Waals surface area (Å²) in [4.78, 5) is 0. The predicted octanol–water partition coefficient (Wildman–Crippen LogP) is 2.48. The van der Waals surface area contributed by atoms with E-state index in [-0.39, 0.29) is 6.10 Å². The first kappa shape index (κ1) is 7.37. The Hall–Kier alpha value is -0.0400. The van der Waals surface area contributed by atoms with Crippen LogP contribution in [0.25, 0.3) is 0 Å². The molecule has 0 aromatic rings. The molecule has 0 aliphatic heterocycles. The quantitative estimate of drug-likeness (QED) is 0.586. The van der Waals surface area contributed by atoms with Gasteiger partial charge in [-0.1, -0.05) is 12.8 Å². The minimum Gasteiger partial charge on any atom is -0.393 e. The normalized spacial score (nSPS) is 57.2. The Morgan fingerprint density at radius 1 is 0.917 bits per heavy atom. The van der Waals surface area contributed by atoms with Crippen molar-refractivity contribution in [3.63, 3.8) is 0 Å². The molecule has 0 heterocycles. The minimum atomic E-state index is 0.0579. The molecule has 3 aliphatic rings. The number of aliphatic hydroxyl groups is 1. The minimum absolute atomic E-state index is 0.0579. The number of rotatable bonds is 0. The first-order chi connectivity index (χ1) is 5.79. The SMILES string of the molecule is OC1CCCC23CCCC12CC3. The third-order valence-corrected chi connectivity index (χ3v) is 5.15. The molecule has 1 N–H and O–H groups in total. The first-order valence-electron chi connectivity index (χ1n) is 5.47. The molecular weight excluding hydrogens is 148 g/mol. The van der Waals surface area contributed by atoms with Crippen molar-refractivity contribution in [3.8, 4) is 0 Å². The van der Waals surface area contributed by atoms with Crippen LogP contribution >= 0.6 is 0 Å². The van der Waals surface area contributed by atoms with E-state index in [9.17, 15) is 5.11 Å². The van der Waals surface area contributed by atoms with Crippen LogP contribution in [0.3, 0.4) is 0 Å². The van der Waals surface area contributed by atoms with Crippen LogP contribution in [-0.4, -0.2) is 11.2 Å². The van der Waals surface area contributed by atoms with Gasteiger partial charge in [-0.3, -0.25) is 0 Å². The number of hydrogen-bond acceptors (Lipinski definition) is 1. The maximum Gasteiger partial charge on any atom is 0.0601 e. The van der Waals surface area contributed by atoms with Gasteiger partial charge in [0.1, 0.15) is 0 Å². The fourth-order valence-electron chi connectivity index (χ4n) is 4.40. The lowest BCUT2D eigenvalue weighted by Crippen LogP contribution is -2.56. The highest BCUT2D eigenvalue weighted by molar-refractivity contribution is 5.15. The van der Waals surface area contributed by atoms with Gasteiger partial charge in [0.2, 0.25) is 0 Å². The molecule has 12 heavy (non-hydrogen) atoms. The van der Waals surface area contributed by atoms with Crippen LogP contribution in [0.2, 0.25) is 0 Å². The van der Waals surface area contributed by atoms with Crippen molar-refractivity contribution >= 4 is 0 Å². The molecule has 3 unspecified atom stereocenters. The van der Waals surface area contributed by atoms with Gasteiger partial charge in [0.25, 0.3) is 0 Å². The highest BCUT2D eigenvalue weighted by Crippen LogP contribution is 2.72. The van der Waals surface area contributed by atoms with Gasteiger partial charge in [0.05, 0.1) is 6.10 Å². The van der Waals surface area contributed by atoms with E-state index in [2.05, 4.69) is 0 Å². The fraction of sp³-hybridized carbons (Fsp3) is 1.00. The lowest BCUT2D eigenvalue weighted by molar-refractivity contribution is -0.167. The molecule has 0 spiro atoms. The number of hydrogen-bond donors (Lipinski definition) is 1. The van der Waals surface area contributed by atoms with Crippen LogP contribution in [0.1, 0.15) is 51.4 Å². The maximum absolute atomic E-state index is 10.1. The van der Waals surface area contributed by atoms with Gasteiger partial charge in [-0.15, -0.1) is 0 Å². The van der Waals surface area contributed by atoms with Gasteiger partial charge < -0.3 is 5.11 Å². The molecule has 0 aromatic carbocycles. The smallest absolute Gasteiger partial charge is 0.0601 e. The van der Waals surface area contributed by atoms with Crippen molar-refractivity contribution in [1.29, 1.82) is 0 Å². The van der Waals surface area contributed by atoms with E-state index >= 15 is 0 Å². The standard InChI is InChI=1S/C11H18O/c12-9-3-1-4-10-5-2-6-11(9,10)8-7-10/h9,12H,1-8H2. The lowest BCUT2D eigenvalue weighted by Gasteiger charge is -2.61. The van der Waals surface area contributed by atoms with E-state index in [0.29, 0.717) is 10.8 Å². The monoisotopic (exact) mass is 166 g/mol. The van der Waals surface area contributed by atoms with Gasteiger partial charge in [0.15, 0.2) is 0 Å². The van der Waals surface area contributed by atoms with E-state index in [1.807, 2.05) is 0 Å². The largest absolute Gasteiger partial charge is 0.393 e. The van der Waals surface area contributed by atoms with E-state index < -0.39 is 0 Å². The molecular formula is C11H18O. The van der Waals surface area contributed by atoms with Crippen LogP contribution < -0.4 is 0 Å². The van der Waals surface area contributed by atoms with Gasteiger partial charge in [-0.25, -0.2) is 0 Å². The summed E-state index contributed by atoms with van der Waals surface area (Å²) in [5.74, 6) is 0.